The zero-order chi connectivity index (χ0) is 18.1. The molecule has 0 aromatic heterocycles. The molecule has 1 N–H and O–H groups in total. The van der Waals surface area contributed by atoms with E-state index in [0.29, 0.717) is 28.8 Å². The maximum atomic E-state index is 13.8. The Labute approximate surface area is 146 Å². The number of Topliss-reactive ketones (excluding diaryl/α,β-unsaturated/α-hetero) is 1. The van der Waals surface area contributed by atoms with Crippen molar-refractivity contribution >= 4 is 11.8 Å². The van der Waals surface area contributed by atoms with Crippen LogP contribution in [0.4, 0.5) is 4.39 Å². The lowest BCUT2D eigenvalue weighted by Crippen LogP contribution is -2.35. The van der Waals surface area contributed by atoms with Gasteiger partial charge in [0.15, 0.2) is 5.78 Å². The molecule has 0 radical (unpaired) electrons. The fourth-order valence-electron chi connectivity index (χ4n) is 3.55. The summed E-state index contributed by atoms with van der Waals surface area (Å²) >= 11 is 0. The van der Waals surface area contributed by atoms with Gasteiger partial charge < -0.3 is 10.1 Å². The number of hydrogen-bond donors (Lipinski definition) is 1. The number of rotatable bonds is 3. The Bertz CT molecular complexity index is 792. The van der Waals surface area contributed by atoms with Crippen molar-refractivity contribution in [2.45, 2.75) is 52.1 Å². The number of ether oxygens (including phenoxy) is 1. The first-order valence-electron chi connectivity index (χ1n) is 8.59. The summed E-state index contributed by atoms with van der Waals surface area (Å²) in [6.45, 7) is 5.35. The van der Waals surface area contributed by atoms with Crippen LogP contribution in [0.5, 0.6) is 0 Å². The number of hydrogen-bond acceptors (Lipinski definition) is 4. The summed E-state index contributed by atoms with van der Waals surface area (Å²) in [7, 11) is 0. The van der Waals surface area contributed by atoms with Crippen molar-refractivity contribution in [3.05, 3.63) is 58.2 Å². The highest BCUT2D eigenvalue weighted by atomic mass is 19.1. The quantitative estimate of drug-likeness (QED) is 0.850. The number of nitrogens with one attached hydrogen (secondary N) is 1. The molecule has 2 aliphatic rings. The third-order valence-corrected chi connectivity index (χ3v) is 4.52. The Morgan fingerprint density at radius 2 is 2.08 bits per heavy atom. The largest absolute Gasteiger partial charge is 0.460 e. The second-order valence-electron chi connectivity index (χ2n) is 6.77. The van der Waals surface area contributed by atoms with Crippen molar-refractivity contribution < 1.29 is 18.7 Å². The van der Waals surface area contributed by atoms with Crippen LogP contribution in [-0.2, 0) is 14.3 Å². The molecule has 0 spiro atoms. The molecule has 1 aliphatic carbocycles. The minimum atomic E-state index is -0.592. The predicted molar refractivity (Wildman–Crippen MR) is 92.1 cm³/mol. The number of benzene rings is 1. The van der Waals surface area contributed by atoms with E-state index in [1.807, 2.05) is 0 Å². The van der Waals surface area contributed by atoms with Crippen LogP contribution in [0.1, 0.15) is 51.5 Å². The van der Waals surface area contributed by atoms with Crippen molar-refractivity contribution in [2.75, 3.05) is 0 Å². The monoisotopic (exact) mass is 343 g/mol. The molecule has 1 heterocycles. The number of halogens is 1. The highest BCUT2D eigenvalue weighted by molar-refractivity contribution is 6.03. The van der Waals surface area contributed by atoms with Crippen LogP contribution in [0.2, 0.25) is 0 Å². The molecule has 1 unspecified atom stereocenters. The Balaban J connectivity index is 2.15. The molecule has 0 amide bonds. The van der Waals surface area contributed by atoms with Crippen molar-refractivity contribution in [3.63, 3.8) is 0 Å². The van der Waals surface area contributed by atoms with E-state index in [4.69, 9.17) is 4.74 Å². The molecule has 0 saturated carbocycles. The van der Waals surface area contributed by atoms with Gasteiger partial charge in [0.05, 0.1) is 11.7 Å². The summed E-state index contributed by atoms with van der Waals surface area (Å²) in [4.78, 5) is 25.3. The minimum absolute atomic E-state index is 0.00496. The maximum Gasteiger partial charge on any atom is 0.337 e. The Morgan fingerprint density at radius 3 is 2.76 bits per heavy atom. The van der Waals surface area contributed by atoms with E-state index >= 15 is 0 Å². The molecule has 0 bridgehead atoms. The van der Waals surface area contributed by atoms with Crippen LogP contribution < -0.4 is 5.32 Å². The van der Waals surface area contributed by atoms with E-state index in [-0.39, 0.29) is 11.9 Å². The second-order valence-corrected chi connectivity index (χ2v) is 6.77. The molecule has 3 rings (SSSR count). The highest BCUT2D eigenvalue weighted by Crippen LogP contribution is 2.42. The summed E-state index contributed by atoms with van der Waals surface area (Å²) in [6.07, 6.45) is 1.69. The highest BCUT2D eigenvalue weighted by Gasteiger charge is 2.39. The van der Waals surface area contributed by atoms with Crippen molar-refractivity contribution in [2.24, 2.45) is 0 Å². The average molecular weight is 343 g/mol. The van der Waals surface area contributed by atoms with Gasteiger partial charge in [-0.05, 0) is 51.3 Å². The fourth-order valence-corrected chi connectivity index (χ4v) is 3.55. The van der Waals surface area contributed by atoms with Gasteiger partial charge in [-0.3, -0.25) is 4.79 Å². The molecular formula is C20H22FNO3. The van der Waals surface area contributed by atoms with E-state index < -0.39 is 17.7 Å². The van der Waals surface area contributed by atoms with Gasteiger partial charge in [0.25, 0.3) is 0 Å². The van der Waals surface area contributed by atoms with Gasteiger partial charge in [-0.1, -0.05) is 12.1 Å². The molecule has 0 fully saturated rings. The van der Waals surface area contributed by atoms with Gasteiger partial charge in [-0.2, -0.15) is 0 Å². The third-order valence-electron chi connectivity index (χ3n) is 4.52. The molecule has 0 saturated heterocycles. The summed E-state index contributed by atoms with van der Waals surface area (Å²) in [5.74, 6) is -1.45. The van der Waals surface area contributed by atoms with Gasteiger partial charge in [0.1, 0.15) is 5.82 Å². The Kier molecular flexibility index (Phi) is 4.75. The van der Waals surface area contributed by atoms with Crippen molar-refractivity contribution in [1.82, 2.24) is 5.32 Å². The third kappa shape index (κ3) is 3.36. The molecule has 132 valence electrons. The van der Waals surface area contributed by atoms with Gasteiger partial charge >= 0.3 is 5.97 Å². The standard InChI is InChI=1S/C20H22FNO3/c1-11(2)25-20(24)17-12(3)22-15-8-5-9-16(23)19(15)18(17)13-6-4-7-14(21)10-13/h4,6-7,10-11,18,22H,5,8-9H2,1-3H3. The van der Waals surface area contributed by atoms with Crippen molar-refractivity contribution in [1.29, 1.82) is 0 Å². The first-order valence-corrected chi connectivity index (χ1v) is 8.59. The number of dihydropyridines is 1. The van der Waals surface area contributed by atoms with Gasteiger partial charge in [-0.15, -0.1) is 0 Å². The number of carbonyl (C=O) groups excluding carboxylic acids is 2. The van der Waals surface area contributed by atoms with E-state index in [1.165, 1.54) is 12.1 Å². The summed E-state index contributed by atoms with van der Waals surface area (Å²) in [5.41, 5.74) is 3.04. The van der Waals surface area contributed by atoms with Crippen LogP contribution in [-0.4, -0.2) is 17.9 Å². The Hall–Kier alpha value is -2.43. The van der Waals surface area contributed by atoms with E-state index in [9.17, 15) is 14.0 Å². The number of ketones is 1. The van der Waals surface area contributed by atoms with Crippen LogP contribution in [0.15, 0.2) is 46.8 Å². The first kappa shape index (κ1) is 17.4. The molecular weight excluding hydrogens is 321 g/mol. The van der Waals surface area contributed by atoms with E-state index in [2.05, 4.69) is 5.32 Å². The molecule has 1 aliphatic heterocycles. The van der Waals surface area contributed by atoms with Crippen LogP contribution in [0.25, 0.3) is 0 Å². The topological polar surface area (TPSA) is 55.4 Å². The summed E-state index contributed by atoms with van der Waals surface area (Å²) in [6, 6.07) is 6.09. The zero-order valence-corrected chi connectivity index (χ0v) is 14.7. The molecule has 1 aromatic rings. The summed E-state index contributed by atoms with van der Waals surface area (Å²) < 4.78 is 19.2. The number of carbonyl (C=O) groups is 2. The zero-order valence-electron chi connectivity index (χ0n) is 14.7. The molecule has 1 atom stereocenters. The number of esters is 1. The minimum Gasteiger partial charge on any atom is -0.460 e. The number of allylic oxidation sites excluding steroid dienone is 3. The van der Waals surface area contributed by atoms with Gasteiger partial charge in [0, 0.05) is 29.3 Å². The maximum absolute atomic E-state index is 13.8. The lowest BCUT2D eigenvalue weighted by atomic mass is 9.75. The van der Waals surface area contributed by atoms with Gasteiger partial charge in [-0.25, -0.2) is 9.18 Å². The Morgan fingerprint density at radius 1 is 1.32 bits per heavy atom. The van der Waals surface area contributed by atoms with Crippen molar-refractivity contribution in [3.8, 4) is 0 Å². The molecule has 4 nitrogen and oxygen atoms in total. The van der Waals surface area contributed by atoms with Gasteiger partial charge in [0.2, 0.25) is 0 Å². The molecule has 1 aromatic carbocycles. The molecule has 5 heteroatoms. The predicted octanol–water partition coefficient (Wildman–Crippen LogP) is 3.75. The van der Waals surface area contributed by atoms with E-state index in [1.54, 1.807) is 32.9 Å². The lowest BCUT2D eigenvalue weighted by Gasteiger charge is -2.34. The summed E-state index contributed by atoms with van der Waals surface area (Å²) in [5, 5.41) is 3.21. The molecule has 25 heavy (non-hydrogen) atoms. The second kappa shape index (κ2) is 6.82. The van der Waals surface area contributed by atoms with E-state index in [0.717, 1.165) is 18.5 Å². The fraction of sp³-hybridized carbons (Fsp3) is 0.400. The SMILES string of the molecule is CC1=C(C(=O)OC(C)C)C(c2cccc(F)c2)C2=C(CCCC2=O)N1. The average Bonchev–Trinajstić information content (AvgIpc) is 2.53. The lowest BCUT2D eigenvalue weighted by molar-refractivity contribution is -0.143. The normalized spacial score (nSPS) is 20.5. The van der Waals surface area contributed by atoms with Crippen LogP contribution in [0.3, 0.4) is 0 Å². The smallest absolute Gasteiger partial charge is 0.337 e. The van der Waals surface area contributed by atoms with Crippen LogP contribution in [0, 0.1) is 5.82 Å². The first-order chi connectivity index (χ1) is 11.9. The van der Waals surface area contributed by atoms with Crippen LogP contribution >= 0.6 is 0 Å².